The topological polar surface area (TPSA) is 67.4 Å². The Labute approximate surface area is 128 Å². The summed E-state index contributed by atoms with van der Waals surface area (Å²) in [6.45, 7) is 1.73. The average Bonchev–Trinajstić information content (AvgIpc) is 2.54. The number of nitrogens with one attached hydrogen (secondary N) is 2. The number of hydrogen-bond donors (Lipinski definition) is 2. The summed E-state index contributed by atoms with van der Waals surface area (Å²) >= 11 is 0. The Balaban J connectivity index is 1.84. The van der Waals surface area contributed by atoms with Crippen molar-refractivity contribution in [3.05, 3.63) is 78.0 Å². The van der Waals surface area contributed by atoms with Gasteiger partial charge in [0.05, 0.1) is 0 Å². The number of hydroxylamine groups is 1. The second kappa shape index (κ2) is 7.64. The Morgan fingerprint density at radius 1 is 0.955 bits per heavy atom. The first-order valence-electron chi connectivity index (χ1n) is 6.72. The molecule has 2 rings (SSSR count). The Kier molecular flexibility index (Phi) is 5.31. The molecule has 0 atom stereocenters. The fourth-order valence-corrected chi connectivity index (χ4v) is 1.74. The minimum Gasteiger partial charge on any atom is -0.359 e. The van der Waals surface area contributed by atoms with Crippen molar-refractivity contribution >= 4 is 17.6 Å². The van der Waals surface area contributed by atoms with Gasteiger partial charge in [0.15, 0.2) is 0 Å². The number of para-hydroxylation sites is 1. The maximum atomic E-state index is 11.7. The highest BCUT2D eigenvalue weighted by Crippen LogP contribution is 2.08. The number of anilines is 1. The lowest BCUT2D eigenvalue weighted by molar-refractivity contribution is -0.142. The lowest BCUT2D eigenvalue weighted by Gasteiger charge is -2.07. The maximum Gasteiger partial charge on any atom is 0.357 e. The molecule has 0 unspecified atom stereocenters. The van der Waals surface area contributed by atoms with Crippen molar-refractivity contribution in [3.8, 4) is 0 Å². The van der Waals surface area contributed by atoms with E-state index in [9.17, 15) is 9.59 Å². The molecular formula is C17H16N2O3. The minimum absolute atomic E-state index is 0.415. The van der Waals surface area contributed by atoms with Gasteiger partial charge in [-0.25, -0.2) is 4.79 Å². The van der Waals surface area contributed by atoms with Crippen molar-refractivity contribution in [1.82, 2.24) is 5.48 Å². The van der Waals surface area contributed by atoms with Crippen molar-refractivity contribution in [1.29, 1.82) is 0 Å². The third-order valence-electron chi connectivity index (χ3n) is 2.73. The van der Waals surface area contributed by atoms with Gasteiger partial charge in [-0.15, -0.1) is 0 Å². The zero-order valence-electron chi connectivity index (χ0n) is 12.1. The fraction of sp³-hybridized carbons (Fsp3) is 0.0588. The van der Waals surface area contributed by atoms with Crippen molar-refractivity contribution in [2.45, 2.75) is 6.92 Å². The quantitative estimate of drug-likeness (QED) is 0.672. The highest BCUT2D eigenvalue weighted by atomic mass is 16.7. The number of rotatable bonds is 4. The second-order valence-corrected chi connectivity index (χ2v) is 4.54. The van der Waals surface area contributed by atoms with Crippen molar-refractivity contribution in [3.63, 3.8) is 0 Å². The van der Waals surface area contributed by atoms with Crippen LogP contribution in [0.15, 0.2) is 72.4 Å². The number of benzene rings is 2. The molecule has 0 heterocycles. The number of amides is 1. The third-order valence-corrected chi connectivity index (χ3v) is 2.73. The van der Waals surface area contributed by atoms with E-state index in [4.69, 9.17) is 4.84 Å². The zero-order chi connectivity index (χ0) is 15.8. The lowest BCUT2D eigenvalue weighted by atomic mass is 10.2. The van der Waals surface area contributed by atoms with Gasteiger partial charge in [-0.05, 0) is 31.2 Å². The highest BCUT2D eigenvalue weighted by Gasteiger charge is 2.07. The smallest absolute Gasteiger partial charge is 0.357 e. The Hall–Kier alpha value is -3.08. The van der Waals surface area contributed by atoms with Crippen LogP contribution in [0.25, 0.3) is 0 Å². The molecule has 0 radical (unpaired) electrons. The van der Waals surface area contributed by atoms with E-state index in [-0.39, 0.29) is 0 Å². The normalized spacial score (nSPS) is 10.7. The second-order valence-electron chi connectivity index (χ2n) is 4.54. The summed E-state index contributed by atoms with van der Waals surface area (Å²) in [6, 6.07) is 17.9. The fourth-order valence-electron chi connectivity index (χ4n) is 1.74. The molecule has 1 amide bonds. The first kappa shape index (κ1) is 15.3. The van der Waals surface area contributed by atoms with Gasteiger partial charge >= 0.3 is 5.97 Å². The molecule has 0 bridgehead atoms. The lowest BCUT2D eigenvalue weighted by Crippen LogP contribution is -2.26. The molecule has 2 aromatic rings. The molecule has 0 fully saturated rings. The van der Waals surface area contributed by atoms with E-state index in [1.165, 1.54) is 6.08 Å². The van der Waals surface area contributed by atoms with Crippen LogP contribution in [0.1, 0.15) is 17.3 Å². The molecule has 5 nitrogen and oxygen atoms in total. The maximum absolute atomic E-state index is 11.7. The Bertz CT molecular complexity index is 667. The van der Waals surface area contributed by atoms with Crippen LogP contribution in [0.4, 0.5) is 5.69 Å². The van der Waals surface area contributed by atoms with Crippen LogP contribution < -0.4 is 10.8 Å². The number of hydrogen-bond acceptors (Lipinski definition) is 4. The molecule has 112 valence electrons. The van der Waals surface area contributed by atoms with Crippen LogP contribution in [-0.2, 0) is 9.63 Å². The molecule has 5 heteroatoms. The summed E-state index contributed by atoms with van der Waals surface area (Å²) in [5.41, 5.74) is 3.98. The number of carbonyl (C=O) groups is 2. The largest absolute Gasteiger partial charge is 0.359 e. The van der Waals surface area contributed by atoms with Gasteiger partial charge in [0.25, 0.3) is 5.91 Å². The predicted molar refractivity (Wildman–Crippen MR) is 83.8 cm³/mol. The van der Waals surface area contributed by atoms with Crippen molar-refractivity contribution in [2.75, 3.05) is 5.32 Å². The molecule has 0 aliphatic carbocycles. The van der Waals surface area contributed by atoms with E-state index >= 15 is 0 Å². The summed E-state index contributed by atoms with van der Waals surface area (Å²) in [5.74, 6) is -1.14. The van der Waals surface area contributed by atoms with Crippen LogP contribution in [0.3, 0.4) is 0 Å². The summed E-state index contributed by atoms with van der Waals surface area (Å²) in [6.07, 6.45) is 1.26. The first-order chi connectivity index (χ1) is 10.6. The van der Waals surface area contributed by atoms with Crippen LogP contribution in [-0.4, -0.2) is 11.9 Å². The molecule has 0 aliphatic heterocycles. The zero-order valence-corrected chi connectivity index (χ0v) is 12.1. The van der Waals surface area contributed by atoms with Gasteiger partial charge in [0.2, 0.25) is 0 Å². The van der Waals surface area contributed by atoms with E-state index in [0.717, 1.165) is 5.69 Å². The van der Waals surface area contributed by atoms with Gasteiger partial charge in [0, 0.05) is 23.0 Å². The van der Waals surface area contributed by atoms with E-state index < -0.39 is 11.9 Å². The molecule has 2 aromatic carbocycles. The minimum atomic E-state index is -0.662. The standard InChI is InChI=1S/C17H16N2O3/c1-13(18-15-10-6-3-7-11-15)12-16(20)22-19-17(21)14-8-4-2-5-9-14/h2-12,18H,1H3,(H,19,21)/b13-12+. The first-order valence-corrected chi connectivity index (χ1v) is 6.72. The van der Waals surface area contributed by atoms with Crippen LogP contribution in [0.2, 0.25) is 0 Å². The van der Waals surface area contributed by atoms with Crippen molar-refractivity contribution in [2.24, 2.45) is 0 Å². The molecule has 0 saturated heterocycles. The highest BCUT2D eigenvalue weighted by molar-refractivity contribution is 5.94. The molecule has 0 aromatic heterocycles. The third kappa shape index (κ3) is 4.79. The SMILES string of the molecule is C/C(=C\C(=O)ONC(=O)c1ccccc1)Nc1ccccc1. The molecule has 0 saturated carbocycles. The van der Waals surface area contributed by atoms with Gasteiger partial charge < -0.3 is 10.2 Å². The molecule has 0 spiro atoms. The van der Waals surface area contributed by atoms with E-state index in [0.29, 0.717) is 11.3 Å². The average molecular weight is 296 g/mol. The van der Waals surface area contributed by atoms with E-state index in [2.05, 4.69) is 10.8 Å². The van der Waals surface area contributed by atoms with Crippen molar-refractivity contribution < 1.29 is 14.4 Å². The summed E-state index contributed by atoms with van der Waals surface area (Å²) in [7, 11) is 0. The Morgan fingerprint density at radius 2 is 1.55 bits per heavy atom. The number of allylic oxidation sites excluding steroid dienone is 1. The number of carbonyl (C=O) groups excluding carboxylic acids is 2. The molecule has 22 heavy (non-hydrogen) atoms. The molecular weight excluding hydrogens is 280 g/mol. The van der Waals surface area contributed by atoms with Gasteiger partial charge in [-0.2, -0.15) is 5.48 Å². The van der Waals surface area contributed by atoms with Crippen LogP contribution in [0, 0.1) is 0 Å². The summed E-state index contributed by atoms with van der Waals surface area (Å²) in [5, 5.41) is 3.04. The Morgan fingerprint density at radius 3 is 2.18 bits per heavy atom. The van der Waals surface area contributed by atoms with Gasteiger partial charge in [-0.1, -0.05) is 36.4 Å². The van der Waals surface area contributed by atoms with E-state index in [1.807, 2.05) is 30.3 Å². The molecule has 2 N–H and O–H groups in total. The van der Waals surface area contributed by atoms with E-state index in [1.54, 1.807) is 37.3 Å². The van der Waals surface area contributed by atoms with Crippen LogP contribution >= 0.6 is 0 Å². The molecule has 0 aliphatic rings. The predicted octanol–water partition coefficient (Wildman–Crippen LogP) is 2.89. The van der Waals surface area contributed by atoms with Crippen LogP contribution in [0.5, 0.6) is 0 Å². The summed E-state index contributed by atoms with van der Waals surface area (Å²) in [4.78, 5) is 28.0. The summed E-state index contributed by atoms with van der Waals surface area (Å²) < 4.78 is 0. The van der Waals surface area contributed by atoms with Gasteiger partial charge in [-0.3, -0.25) is 4.79 Å². The van der Waals surface area contributed by atoms with Gasteiger partial charge in [0.1, 0.15) is 0 Å². The monoisotopic (exact) mass is 296 g/mol.